The Morgan fingerprint density at radius 3 is 2.74 bits per heavy atom. The van der Waals surface area contributed by atoms with Crippen molar-refractivity contribution in [2.45, 2.75) is 51.5 Å². The Bertz CT molecular complexity index is 351. The lowest BCUT2D eigenvalue weighted by Crippen LogP contribution is -2.52. The summed E-state index contributed by atoms with van der Waals surface area (Å²) in [7, 11) is 0. The van der Waals surface area contributed by atoms with E-state index in [1.807, 2.05) is 0 Å². The van der Waals surface area contributed by atoms with Crippen LogP contribution in [-0.2, 0) is 9.59 Å². The van der Waals surface area contributed by atoms with E-state index in [-0.39, 0.29) is 23.3 Å². The normalized spacial score (nSPS) is 35.0. The summed E-state index contributed by atoms with van der Waals surface area (Å²) >= 11 is 0. The minimum absolute atomic E-state index is 0.0407. The van der Waals surface area contributed by atoms with Gasteiger partial charge in [-0.05, 0) is 45.1 Å². The van der Waals surface area contributed by atoms with Crippen LogP contribution in [0.3, 0.4) is 0 Å². The Morgan fingerprint density at radius 1 is 1.42 bits per heavy atom. The molecule has 1 aliphatic carbocycles. The zero-order valence-electron chi connectivity index (χ0n) is 11.6. The second-order valence-corrected chi connectivity index (χ2v) is 5.93. The van der Waals surface area contributed by atoms with Crippen LogP contribution in [0.5, 0.6) is 0 Å². The predicted molar refractivity (Wildman–Crippen MR) is 71.7 cm³/mol. The third-order valence-electron chi connectivity index (χ3n) is 4.75. The van der Waals surface area contributed by atoms with Crippen molar-refractivity contribution in [3.8, 4) is 0 Å². The largest absolute Gasteiger partial charge is 0.481 e. The smallest absolute Gasteiger partial charge is 0.306 e. The van der Waals surface area contributed by atoms with Gasteiger partial charge in [0.1, 0.15) is 0 Å². The van der Waals surface area contributed by atoms with Crippen LogP contribution >= 0.6 is 0 Å². The molecule has 1 saturated carbocycles. The second kappa shape index (κ2) is 5.90. The van der Waals surface area contributed by atoms with Gasteiger partial charge in [0.2, 0.25) is 5.91 Å². The summed E-state index contributed by atoms with van der Waals surface area (Å²) in [6.45, 7) is 3.78. The third-order valence-corrected chi connectivity index (χ3v) is 4.75. The number of hydrogen-bond acceptors (Lipinski definition) is 3. The van der Waals surface area contributed by atoms with Crippen LogP contribution in [-0.4, -0.2) is 36.1 Å². The molecule has 2 aliphatic rings. The molecule has 2 fully saturated rings. The average molecular weight is 268 g/mol. The highest BCUT2D eigenvalue weighted by molar-refractivity contribution is 5.83. The van der Waals surface area contributed by atoms with Gasteiger partial charge in [-0.2, -0.15) is 0 Å². The third kappa shape index (κ3) is 3.08. The van der Waals surface area contributed by atoms with Crippen LogP contribution < -0.4 is 10.6 Å². The van der Waals surface area contributed by atoms with E-state index in [9.17, 15) is 9.59 Å². The van der Waals surface area contributed by atoms with Crippen molar-refractivity contribution in [1.29, 1.82) is 0 Å². The summed E-state index contributed by atoms with van der Waals surface area (Å²) in [4.78, 5) is 23.4. The van der Waals surface area contributed by atoms with Gasteiger partial charge in [0.25, 0.3) is 0 Å². The average Bonchev–Trinajstić information content (AvgIpc) is 2.88. The fourth-order valence-electron chi connectivity index (χ4n) is 3.30. The lowest BCUT2D eigenvalue weighted by atomic mass is 9.77. The molecule has 1 heterocycles. The minimum atomic E-state index is -0.735. The highest BCUT2D eigenvalue weighted by Crippen LogP contribution is 2.32. The quantitative estimate of drug-likeness (QED) is 0.714. The molecule has 19 heavy (non-hydrogen) atoms. The van der Waals surface area contributed by atoms with Gasteiger partial charge in [0, 0.05) is 12.6 Å². The van der Waals surface area contributed by atoms with Crippen molar-refractivity contribution < 1.29 is 14.7 Å². The van der Waals surface area contributed by atoms with Crippen LogP contribution in [0.4, 0.5) is 0 Å². The lowest BCUT2D eigenvalue weighted by Gasteiger charge is -2.36. The molecule has 0 aromatic rings. The van der Waals surface area contributed by atoms with Gasteiger partial charge in [-0.25, -0.2) is 0 Å². The predicted octanol–water partition coefficient (Wildman–Crippen LogP) is 1.14. The number of carbonyl (C=O) groups is 2. The lowest BCUT2D eigenvalue weighted by molar-refractivity contribution is -0.141. The first-order valence-corrected chi connectivity index (χ1v) is 7.32. The van der Waals surface area contributed by atoms with E-state index >= 15 is 0 Å². The summed E-state index contributed by atoms with van der Waals surface area (Å²) in [5, 5.41) is 15.4. The number of aliphatic carboxylic acids is 1. The fraction of sp³-hybridized carbons (Fsp3) is 0.857. The molecule has 3 N–H and O–H groups in total. The molecule has 1 aliphatic heterocycles. The van der Waals surface area contributed by atoms with Crippen molar-refractivity contribution in [2.24, 2.45) is 11.3 Å². The van der Waals surface area contributed by atoms with E-state index in [4.69, 9.17) is 5.11 Å². The molecule has 0 aromatic carbocycles. The Kier molecular flexibility index (Phi) is 4.45. The topological polar surface area (TPSA) is 78.4 Å². The van der Waals surface area contributed by atoms with Crippen LogP contribution in [0.2, 0.25) is 0 Å². The summed E-state index contributed by atoms with van der Waals surface area (Å²) in [6.07, 6.45) is 4.84. The van der Waals surface area contributed by atoms with Gasteiger partial charge in [-0.1, -0.05) is 6.92 Å². The molecular weight excluding hydrogens is 244 g/mol. The van der Waals surface area contributed by atoms with E-state index in [2.05, 4.69) is 17.6 Å². The van der Waals surface area contributed by atoms with Crippen molar-refractivity contribution in [3.63, 3.8) is 0 Å². The zero-order valence-corrected chi connectivity index (χ0v) is 11.6. The number of carboxylic acids is 1. The molecule has 3 atom stereocenters. The van der Waals surface area contributed by atoms with Crippen molar-refractivity contribution in [3.05, 3.63) is 0 Å². The van der Waals surface area contributed by atoms with Crippen molar-refractivity contribution >= 4 is 11.9 Å². The molecule has 0 radical (unpaired) electrons. The van der Waals surface area contributed by atoms with Gasteiger partial charge in [0.15, 0.2) is 0 Å². The Hall–Kier alpha value is -1.10. The van der Waals surface area contributed by atoms with Gasteiger partial charge in [-0.3, -0.25) is 9.59 Å². The summed E-state index contributed by atoms with van der Waals surface area (Å²) < 4.78 is 0. The minimum Gasteiger partial charge on any atom is -0.481 e. The molecule has 1 saturated heterocycles. The summed E-state index contributed by atoms with van der Waals surface area (Å²) in [6, 6.07) is 0.0407. The van der Waals surface area contributed by atoms with Gasteiger partial charge >= 0.3 is 5.97 Å². The van der Waals surface area contributed by atoms with E-state index in [1.54, 1.807) is 0 Å². The number of rotatable bonds is 4. The maximum Gasteiger partial charge on any atom is 0.306 e. The van der Waals surface area contributed by atoms with Gasteiger partial charge in [-0.15, -0.1) is 0 Å². The Labute approximate surface area is 114 Å². The van der Waals surface area contributed by atoms with Crippen LogP contribution in [0.25, 0.3) is 0 Å². The van der Waals surface area contributed by atoms with Crippen molar-refractivity contribution in [1.82, 2.24) is 10.6 Å². The maximum absolute atomic E-state index is 12.5. The summed E-state index contributed by atoms with van der Waals surface area (Å²) in [5.74, 6) is -0.910. The number of hydrogen-bond donors (Lipinski definition) is 3. The number of carbonyl (C=O) groups excluding carboxylic acids is 1. The Morgan fingerprint density at radius 2 is 2.21 bits per heavy atom. The number of piperidine rings is 1. The molecule has 5 nitrogen and oxygen atoms in total. The van der Waals surface area contributed by atoms with Crippen molar-refractivity contribution in [2.75, 3.05) is 13.1 Å². The molecule has 0 spiro atoms. The van der Waals surface area contributed by atoms with E-state index in [0.29, 0.717) is 12.8 Å². The molecule has 2 rings (SSSR count). The highest BCUT2D eigenvalue weighted by atomic mass is 16.4. The first-order chi connectivity index (χ1) is 9.07. The number of carboxylic acid groups (broad SMARTS) is 1. The van der Waals surface area contributed by atoms with Crippen LogP contribution in [0.1, 0.15) is 45.4 Å². The van der Waals surface area contributed by atoms with Crippen LogP contribution in [0, 0.1) is 11.3 Å². The van der Waals surface area contributed by atoms with Crippen LogP contribution in [0.15, 0.2) is 0 Å². The molecule has 0 aromatic heterocycles. The monoisotopic (exact) mass is 268 g/mol. The van der Waals surface area contributed by atoms with Gasteiger partial charge < -0.3 is 15.7 Å². The maximum atomic E-state index is 12.5. The highest BCUT2D eigenvalue weighted by Gasteiger charge is 2.40. The number of nitrogens with one attached hydrogen (secondary N) is 2. The molecule has 1 amide bonds. The molecular formula is C14H24N2O3. The van der Waals surface area contributed by atoms with E-state index in [0.717, 1.165) is 38.8 Å². The molecule has 0 bridgehead atoms. The molecule has 1 unspecified atom stereocenters. The zero-order chi connectivity index (χ0) is 13.9. The van der Waals surface area contributed by atoms with E-state index < -0.39 is 5.97 Å². The van der Waals surface area contributed by atoms with E-state index in [1.165, 1.54) is 0 Å². The number of amides is 1. The summed E-state index contributed by atoms with van der Waals surface area (Å²) in [5.41, 5.74) is -0.292. The second-order valence-electron chi connectivity index (χ2n) is 5.93. The molecule has 108 valence electrons. The Balaban J connectivity index is 1.91. The van der Waals surface area contributed by atoms with Gasteiger partial charge in [0.05, 0.1) is 11.3 Å². The first-order valence-electron chi connectivity index (χ1n) is 7.32. The molecule has 5 heteroatoms. The standard InChI is InChI=1S/C14H24N2O3/c1-2-14(6-3-7-15-9-14)13(19)16-11-5-4-10(8-11)12(17)18/h10-11,15H,2-9H2,1H3,(H,16,19)(H,17,18)/t10-,11+,14?/m1/s1. The first kappa shape index (κ1) is 14.3. The fourth-order valence-corrected chi connectivity index (χ4v) is 3.30. The SMILES string of the molecule is CCC1(C(=O)N[C@H]2CC[C@@H](C(=O)O)C2)CCCNC1.